The maximum absolute atomic E-state index is 12.8. The molecule has 29 heavy (non-hydrogen) atoms. The summed E-state index contributed by atoms with van der Waals surface area (Å²) in [6, 6.07) is 9.12. The number of rotatable bonds is 8. The van der Waals surface area contributed by atoms with E-state index in [9.17, 15) is 4.79 Å². The first-order chi connectivity index (χ1) is 14.2. The second-order valence-corrected chi connectivity index (χ2v) is 8.22. The fourth-order valence-electron chi connectivity index (χ4n) is 3.25. The largest absolute Gasteiger partial charge is 0.365 e. The van der Waals surface area contributed by atoms with Crippen molar-refractivity contribution in [3.63, 3.8) is 0 Å². The van der Waals surface area contributed by atoms with Gasteiger partial charge in [0.15, 0.2) is 0 Å². The van der Waals surface area contributed by atoms with Crippen LogP contribution in [0.5, 0.6) is 0 Å². The molecule has 0 aliphatic heterocycles. The first-order valence-electron chi connectivity index (χ1n) is 9.67. The van der Waals surface area contributed by atoms with E-state index < -0.39 is 0 Å². The Kier molecular flexibility index (Phi) is 5.97. The van der Waals surface area contributed by atoms with Gasteiger partial charge in [0.05, 0.1) is 12.2 Å². The summed E-state index contributed by atoms with van der Waals surface area (Å²) >= 11 is 7.59. The van der Waals surface area contributed by atoms with Crippen LogP contribution >= 0.6 is 22.9 Å². The van der Waals surface area contributed by atoms with Gasteiger partial charge in [0.25, 0.3) is 5.56 Å². The van der Waals surface area contributed by atoms with Gasteiger partial charge < -0.3 is 5.32 Å². The van der Waals surface area contributed by atoms with Crippen molar-refractivity contribution in [3.8, 4) is 11.3 Å². The molecule has 0 saturated carbocycles. The van der Waals surface area contributed by atoms with Crippen LogP contribution in [0.1, 0.15) is 31.2 Å². The van der Waals surface area contributed by atoms with Crippen molar-refractivity contribution in [2.24, 2.45) is 0 Å². The number of aromatic nitrogens is 4. The normalized spacial score (nSPS) is 11.2. The summed E-state index contributed by atoms with van der Waals surface area (Å²) in [4.78, 5) is 21.9. The number of hydrogen-bond acceptors (Lipinski definition) is 5. The van der Waals surface area contributed by atoms with Crippen LogP contribution in [0.15, 0.2) is 52.9 Å². The molecule has 1 aromatic carbocycles. The highest BCUT2D eigenvalue weighted by Crippen LogP contribution is 2.22. The number of anilines is 1. The quantitative estimate of drug-likeness (QED) is 0.398. The Bertz CT molecular complexity index is 1150. The molecule has 0 saturated heterocycles. The molecule has 0 spiro atoms. The van der Waals surface area contributed by atoms with E-state index in [0.717, 1.165) is 47.9 Å². The Morgan fingerprint density at radius 2 is 2.03 bits per heavy atom. The zero-order chi connectivity index (χ0) is 20.2. The monoisotopic (exact) mass is 427 g/mol. The van der Waals surface area contributed by atoms with Crippen LogP contribution < -0.4 is 10.9 Å². The molecule has 0 fully saturated rings. The molecule has 6 nitrogen and oxygen atoms in total. The number of halogens is 1. The van der Waals surface area contributed by atoms with Crippen LogP contribution in [0.4, 0.5) is 5.82 Å². The SMILES string of the molecule is CCCCCn1c(NCc2nccs2)cc(=O)n2cc(-c3ccc(Cl)cc3)nc12. The van der Waals surface area contributed by atoms with Gasteiger partial charge in [0.1, 0.15) is 10.8 Å². The third kappa shape index (κ3) is 4.36. The molecule has 4 aromatic rings. The van der Waals surface area contributed by atoms with Crippen molar-refractivity contribution in [2.75, 3.05) is 5.32 Å². The average Bonchev–Trinajstić information content (AvgIpc) is 3.39. The van der Waals surface area contributed by atoms with Crippen LogP contribution in [0.2, 0.25) is 5.02 Å². The van der Waals surface area contributed by atoms with E-state index in [1.54, 1.807) is 34.2 Å². The van der Waals surface area contributed by atoms with Gasteiger partial charge in [-0.1, -0.05) is 43.5 Å². The molecule has 0 unspecified atom stereocenters. The molecule has 0 amide bonds. The molecule has 0 bridgehead atoms. The second-order valence-electron chi connectivity index (χ2n) is 6.81. The van der Waals surface area contributed by atoms with Crippen molar-refractivity contribution in [3.05, 3.63) is 68.5 Å². The van der Waals surface area contributed by atoms with Crippen molar-refractivity contribution < 1.29 is 0 Å². The molecular weight excluding hydrogens is 406 g/mol. The van der Waals surface area contributed by atoms with E-state index in [0.29, 0.717) is 17.3 Å². The summed E-state index contributed by atoms with van der Waals surface area (Å²) in [7, 11) is 0. The number of nitrogens with one attached hydrogen (secondary N) is 1. The first kappa shape index (κ1) is 19.7. The molecule has 0 atom stereocenters. The lowest BCUT2D eigenvalue weighted by Gasteiger charge is -2.15. The number of benzene rings is 1. The number of aryl methyl sites for hydroxylation is 1. The van der Waals surface area contributed by atoms with Crippen molar-refractivity contribution in [1.29, 1.82) is 0 Å². The van der Waals surface area contributed by atoms with Crippen LogP contribution in [-0.2, 0) is 13.1 Å². The molecule has 0 aliphatic rings. The number of imidazole rings is 1. The smallest absolute Gasteiger partial charge is 0.261 e. The standard InChI is InChI=1S/C21H22ClN5OS/c1-2-3-4-10-26-18(24-13-19-23-9-11-29-19)12-20(28)27-14-17(25-21(26)27)15-5-7-16(22)8-6-15/h5-9,11-12,14,24H,2-4,10,13H2,1H3. The molecule has 4 rings (SSSR count). The zero-order valence-corrected chi connectivity index (χ0v) is 17.7. The summed E-state index contributed by atoms with van der Waals surface area (Å²) in [5.41, 5.74) is 1.57. The van der Waals surface area contributed by atoms with Crippen molar-refractivity contribution in [1.82, 2.24) is 18.9 Å². The van der Waals surface area contributed by atoms with Crippen LogP contribution in [0.25, 0.3) is 17.0 Å². The second kappa shape index (κ2) is 8.80. The third-order valence-electron chi connectivity index (χ3n) is 4.75. The molecule has 1 N–H and O–H groups in total. The molecule has 8 heteroatoms. The Labute approximate surface area is 177 Å². The summed E-state index contributed by atoms with van der Waals surface area (Å²) in [6.45, 7) is 3.54. The third-order valence-corrected chi connectivity index (χ3v) is 5.78. The number of hydrogen-bond donors (Lipinski definition) is 1. The zero-order valence-electron chi connectivity index (χ0n) is 16.1. The summed E-state index contributed by atoms with van der Waals surface area (Å²) < 4.78 is 3.70. The molecule has 3 heterocycles. The predicted molar refractivity (Wildman–Crippen MR) is 119 cm³/mol. The van der Waals surface area contributed by atoms with Crippen LogP contribution in [0, 0.1) is 0 Å². The highest BCUT2D eigenvalue weighted by molar-refractivity contribution is 7.09. The molecule has 0 radical (unpaired) electrons. The van der Waals surface area contributed by atoms with E-state index in [-0.39, 0.29) is 5.56 Å². The number of thiazole rings is 1. The van der Waals surface area contributed by atoms with Gasteiger partial charge in [-0.3, -0.25) is 13.8 Å². The van der Waals surface area contributed by atoms with Gasteiger partial charge in [0.2, 0.25) is 5.78 Å². The van der Waals surface area contributed by atoms with E-state index >= 15 is 0 Å². The molecule has 150 valence electrons. The van der Waals surface area contributed by atoms with E-state index in [2.05, 4.69) is 21.8 Å². The highest BCUT2D eigenvalue weighted by Gasteiger charge is 2.14. The summed E-state index contributed by atoms with van der Waals surface area (Å²) in [5.74, 6) is 1.40. The number of nitrogens with zero attached hydrogens (tertiary/aromatic N) is 4. The maximum Gasteiger partial charge on any atom is 0.261 e. The van der Waals surface area contributed by atoms with Crippen LogP contribution in [0.3, 0.4) is 0 Å². The first-order valence-corrected chi connectivity index (χ1v) is 10.9. The summed E-state index contributed by atoms with van der Waals surface area (Å²) in [6.07, 6.45) is 6.84. The minimum Gasteiger partial charge on any atom is -0.365 e. The Balaban J connectivity index is 1.76. The topological polar surface area (TPSA) is 64.2 Å². The lowest BCUT2D eigenvalue weighted by molar-refractivity contribution is 0.604. The van der Waals surface area contributed by atoms with E-state index in [1.165, 1.54) is 0 Å². The minimum atomic E-state index is -0.110. The van der Waals surface area contributed by atoms with Crippen molar-refractivity contribution in [2.45, 2.75) is 39.3 Å². The number of fused-ring (bicyclic) bond motifs is 1. The van der Waals surface area contributed by atoms with Crippen molar-refractivity contribution >= 4 is 34.5 Å². The van der Waals surface area contributed by atoms with Gasteiger partial charge in [-0.25, -0.2) is 9.97 Å². The summed E-state index contributed by atoms with van der Waals surface area (Å²) in [5, 5.41) is 6.96. The lowest BCUT2D eigenvalue weighted by atomic mass is 10.2. The predicted octanol–water partition coefficient (Wildman–Crippen LogP) is 5.08. The van der Waals surface area contributed by atoms with Gasteiger partial charge in [0, 0.05) is 41.0 Å². The Morgan fingerprint density at radius 1 is 1.21 bits per heavy atom. The van der Waals surface area contributed by atoms with Gasteiger partial charge in [-0.2, -0.15) is 0 Å². The van der Waals surface area contributed by atoms with Gasteiger partial charge in [-0.15, -0.1) is 11.3 Å². The number of unbranched alkanes of at least 4 members (excludes halogenated alkanes) is 2. The average molecular weight is 428 g/mol. The fourth-order valence-corrected chi connectivity index (χ4v) is 3.93. The van der Waals surface area contributed by atoms with Gasteiger partial charge in [-0.05, 0) is 18.6 Å². The Morgan fingerprint density at radius 3 is 2.76 bits per heavy atom. The fraction of sp³-hybridized carbons (Fsp3) is 0.286. The lowest BCUT2D eigenvalue weighted by Crippen LogP contribution is -2.20. The minimum absolute atomic E-state index is 0.110. The van der Waals surface area contributed by atoms with E-state index in [4.69, 9.17) is 16.6 Å². The Hall–Kier alpha value is -2.64. The molecule has 0 aliphatic carbocycles. The molecular formula is C21H22ClN5OS. The maximum atomic E-state index is 12.8. The van der Waals surface area contributed by atoms with Crippen LogP contribution in [-0.4, -0.2) is 18.9 Å². The van der Waals surface area contributed by atoms with Gasteiger partial charge >= 0.3 is 0 Å². The van der Waals surface area contributed by atoms with E-state index in [1.807, 2.05) is 29.6 Å². The highest BCUT2D eigenvalue weighted by atomic mass is 35.5. The molecule has 3 aromatic heterocycles.